The lowest BCUT2D eigenvalue weighted by Crippen LogP contribution is -2.20. The molecule has 0 N–H and O–H groups in total. The smallest absolute Gasteiger partial charge is 0.199 e. The Balaban J connectivity index is 2.31. The third-order valence-corrected chi connectivity index (χ3v) is 7.48. The van der Waals surface area contributed by atoms with Crippen molar-refractivity contribution in [2.45, 2.75) is 43.3 Å². The first-order chi connectivity index (χ1) is 8.49. The van der Waals surface area contributed by atoms with Crippen LogP contribution in [0.25, 0.3) is 0 Å². The fourth-order valence-electron chi connectivity index (χ4n) is 2.01. The van der Waals surface area contributed by atoms with Crippen LogP contribution in [0.4, 0.5) is 0 Å². The second-order valence-corrected chi connectivity index (χ2v) is 8.81. The molecule has 0 saturated carbocycles. The molecule has 2 rings (SSSR count). The van der Waals surface area contributed by atoms with Crippen LogP contribution in [-0.2, 0) is 20.7 Å². The molecule has 1 heterocycles. The Kier molecular flexibility index (Phi) is 4.22. The molecule has 0 aromatic heterocycles. The maximum Gasteiger partial charge on any atom is 0.287 e. The Labute approximate surface area is 112 Å². The van der Waals surface area contributed by atoms with Gasteiger partial charge >= 0.3 is 0 Å². The highest BCUT2D eigenvalue weighted by molar-refractivity contribution is 8.00. The number of nitrogens with zero attached hydrogens (tertiary/aromatic N) is 1. The lowest BCUT2D eigenvalue weighted by molar-refractivity contribution is 0.598. The average Bonchev–Trinajstić information content (AvgIpc) is 2.32. The van der Waals surface area contributed by atoms with Crippen molar-refractivity contribution in [1.29, 1.82) is 0 Å². The minimum absolute atomic E-state index is 0.318. The van der Waals surface area contributed by atoms with Crippen molar-refractivity contribution in [3.05, 3.63) is 29.8 Å². The van der Waals surface area contributed by atoms with E-state index < -0.39 is 10.0 Å². The van der Waals surface area contributed by atoms with Gasteiger partial charge in [0.1, 0.15) is 0 Å². The summed E-state index contributed by atoms with van der Waals surface area (Å²) in [4.78, 5) is 0.318. The lowest BCUT2D eigenvalue weighted by Gasteiger charge is -2.21. The zero-order valence-electron chi connectivity index (χ0n) is 10.8. The van der Waals surface area contributed by atoms with Crippen molar-refractivity contribution < 1.29 is 8.42 Å². The molecule has 1 saturated heterocycles. The van der Waals surface area contributed by atoms with E-state index >= 15 is 0 Å². The standard InChI is InChI=1S/C13H19NO2S2/c1-11-6-8-13(9-7-11)18(15,16)14-17-10-4-3-5-12(17)2/h6-9,12H,3-5,10H2,1-2H3/t12-,17-/m0/s1. The van der Waals surface area contributed by atoms with Crippen molar-refractivity contribution in [1.82, 2.24) is 0 Å². The van der Waals surface area contributed by atoms with E-state index in [0.717, 1.165) is 24.2 Å². The summed E-state index contributed by atoms with van der Waals surface area (Å²) in [6.45, 7) is 4.05. The predicted octanol–water partition coefficient (Wildman–Crippen LogP) is 3.06. The summed E-state index contributed by atoms with van der Waals surface area (Å²) in [5.41, 5.74) is 1.06. The molecule has 5 heteroatoms. The molecule has 1 aliphatic heterocycles. The summed E-state index contributed by atoms with van der Waals surface area (Å²) in [5.74, 6) is 0.923. The van der Waals surface area contributed by atoms with E-state index in [1.54, 1.807) is 12.1 Å². The predicted molar refractivity (Wildman–Crippen MR) is 76.3 cm³/mol. The largest absolute Gasteiger partial charge is 0.287 e. The van der Waals surface area contributed by atoms with Crippen LogP contribution in [0.2, 0.25) is 0 Å². The Morgan fingerprint density at radius 2 is 1.89 bits per heavy atom. The number of aryl methyl sites for hydroxylation is 1. The second-order valence-electron chi connectivity index (χ2n) is 4.77. The molecule has 1 fully saturated rings. The summed E-state index contributed by atoms with van der Waals surface area (Å²) in [6.07, 6.45) is 3.39. The van der Waals surface area contributed by atoms with Crippen LogP contribution in [0, 0.1) is 6.92 Å². The van der Waals surface area contributed by atoms with Crippen LogP contribution in [-0.4, -0.2) is 19.4 Å². The molecule has 18 heavy (non-hydrogen) atoms. The molecule has 0 unspecified atom stereocenters. The van der Waals surface area contributed by atoms with Crippen LogP contribution >= 0.6 is 0 Å². The van der Waals surface area contributed by atoms with E-state index in [2.05, 4.69) is 10.7 Å². The van der Waals surface area contributed by atoms with E-state index in [-0.39, 0.29) is 10.7 Å². The molecule has 3 nitrogen and oxygen atoms in total. The first kappa shape index (κ1) is 13.7. The maximum absolute atomic E-state index is 12.2. The van der Waals surface area contributed by atoms with Crippen LogP contribution in [0.15, 0.2) is 32.9 Å². The molecule has 0 aliphatic carbocycles. The third kappa shape index (κ3) is 3.20. The first-order valence-electron chi connectivity index (χ1n) is 6.23. The van der Waals surface area contributed by atoms with Crippen LogP contribution in [0.3, 0.4) is 0 Å². The van der Waals surface area contributed by atoms with Crippen molar-refractivity contribution in [3.8, 4) is 0 Å². The van der Waals surface area contributed by atoms with E-state index in [9.17, 15) is 8.42 Å². The van der Waals surface area contributed by atoms with E-state index in [1.165, 1.54) is 6.42 Å². The minimum atomic E-state index is -3.47. The molecular formula is C13H19NO2S2. The summed E-state index contributed by atoms with van der Waals surface area (Å²) < 4.78 is 28.5. The van der Waals surface area contributed by atoms with Gasteiger partial charge in [-0.15, -0.1) is 3.77 Å². The number of sulfonamides is 1. The molecule has 0 amide bonds. The number of benzene rings is 1. The molecule has 2 atom stereocenters. The summed E-state index contributed by atoms with van der Waals surface area (Å²) >= 11 is 0. The van der Waals surface area contributed by atoms with Gasteiger partial charge in [-0.05, 0) is 31.9 Å². The third-order valence-electron chi connectivity index (χ3n) is 3.19. The normalized spacial score (nSPS) is 25.2. The van der Waals surface area contributed by atoms with E-state index in [1.807, 2.05) is 19.1 Å². The van der Waals surface area contributed by atoms with Gasteiger partial charge in [0.15, 0.2) is 0 Å². The monoisotopic (exact) mass is 285 g/mol. The van der Waals surface area contributed by atoms with Gasteiger partial charge in [0.2, 0.25) is 0 Å². The summed E-state index contributed by atoms with van der Waals surface area (Å²) in [6, 6.07) is 6.92. The maximum atomic E-state index is 12.2. The van der Waals surface area contributed by atoms with Crippen molar-refractivity contribution in [3.63, 3.8) is 0 Å². The molecule has 1 aromatic rings. The molecule has 0 bridgehead atoms. The first-order valence-corrected chi connectivity index (χ1v) is 9.09. The average molecular weight is 285 g/mol. The Morgan fingerprint density at radius 1 is 1.22 bits per heavy atom. The molecule has 1 aliphatic rings. The van der Waals surface area contributed by atoms with E-state index in [4.69, 9.17) is 0 Å². The number of hydrogen-bond donors (Lipinski definition) is 0. The van der Waals surface area contributed by atoms with Gasteiger partial charge < -0.3 is 0 Å². The van der Waals surface area contributed by atoms with Gasteiger partial charge in [-0.2, -0.15) is 8.42 Å². The van der Waals surface area contributed by atoms with Crippen LogP contribution < -0.4 is 0 Å². The minimum Gasteiger partial charge on any atom is -0.199 e. The zero-order valence-corrected chi connectivity index (χ0v) is 12.4. The zero-order chi connectivity index (χ0) is 13.2. The van der Waals surface area contributed by atoms with Gasteiger partial charge in [0.05, 0.1) is 4.90 Å². The van der Waals surface area contributed by atoms with Gasteiger partial charge in [-0.25, -0.2) is 0 Å². The Morgan fingerprint density at radius 3 is 2.50 bits per heavy atom. The van der Waals surface area contributed by atoms with Gasteiger partial charge in [0.25, 0.3) is 10.0 Å². The van der Waals surface area contributed by atoms with Crippen LogP contribution in [0.1, 0.15) is 31.7 Å². The molecular weight excluding hydrogens is 266 g/mol. The molecule has 0 radical (unpaired) electrons. The molecule has 1 aromatic carbocycles. The SMILES string of the molecule is Cc1ccc(S(=O)(=O)/N=[S@]2/CCCC[C@@H]2C)cc1. The topological polar surface area (TPSA) is 46.5 Å². The Bertz CT molecular complexity index is 547. The lowest BCUT2D eigenvalue weighted by atomic mass is 10.2. The highest BCUT2D eigenvalue weighted by Crippen LogP contribution is 2.21. The second kappa shape index (κ2) is 5.53. The highest BCUT2D eigenvalue weighted by atomic mass is 32.3. The molecule has 100 valence electrons. The number of hydrogen-bond acceptors (Lipinski definition) is 2. The summed E-state index contributed by atoms with van der Waals surface area (Å²) in [7, 11) is -3.80. The van der Waals surface area contributed by atoms with Crippen LogP contribution in [0.5, 0.6) is 0 Å². The highest BCUT2D eigenvalue weighted by Gasteiger charge is 2.19. The van der Waals surface area contributed by atoms with Crippen molar-refractivity contribution in [2.75, 3.05) is 5.75 Å². The fraction of sp³-hybridized carbons (Fsp3) is 0.538. The molecule has 0 spiro atoms. The fourth-order valence-corrected chi connectivity index (χ4v) is 6.07. The summed E-state index contributed by atoms with van der Waals surface area (Å²) in [5, 5.41) is 0.402. The Hall–Kier alpha value is -0.680. The van der Waals surface area contributed by atoms with E-state index in [0.29, 0.717) is 10.1 Å². The quantitative estimate of drug-likeness (QED) is 0.838. The number of rotatable bonds is 2. The van der Waals surface area contributed by atoms with Crippen molar-refractivity contribution in [2.24, 2.45) is 3.77 Å². The van der Waals surface area contributed by atoms with Gasteiger partial charge in [0, 0.05) is 11.0 Å². The van der Waals surface area contributed by atoms with Gasteiger partial charge in [-0.1, -0.05) is 41.7 Å². The van der Waals surface area contributed by atoms with Gasteiger partial charge in [-0.3, -0.25) is 0 Å². The van der Waals surface area contributed by atoms with Crippen molar-refractivity contribution >= 4 is 20.7 Å².